The van der Waals surface area contributed by atoms with E-state index >= 15 is 0 Å². The molecule has 0 nitrogen and oxygen atoms in total. The molecule has 3 rings (SSSR count). The number of alkyl halides is 1. The SMILES string of the molecule is CC1C(Cl)c2cc(F)cc3c2C1CC3. The minimum absolute atomic E-state index is 0.0183. The highest BCUT2D eigenvalue weighted by atomic mass is 35.5. The molecule has 0 heterocycles. The molecule has 0 saturated heterocycles. The second-order valence-electron chi connectivity index (χ2n) is 4.47. The first-order valence-corrected chi connectivity index (χ1v) is 5.58. The molecule has 0 amide bonds. The topological polar surface area (TPSA) is 0 Å². The second kappa shape index (κ2) is 2.73. The Morgan fingerprint density at radius 3 is 3.00 bits per heavy atom. The van der Waals surface area contributed by atoms with Gasteiger partial charge in [0.2, 0.25) is 0 Å². The van der Waals surface area contributed by atoms with Crippen LogP contribution < -0.4 is 0 Å². The van der Waals surface area contributed by atoms with Crippen LogP contribution in [0.3, 0.4) is 0 Å². The Morgan fingerprint density at radius 1 is 1.43 bits per heavy atom. The summed E-state index contributed by atoms with van der Waals surface area (Å²) >= 11 is 6.30. The van der Waals surface area contributed by atoms with Crippen molar-refractivity contribution in [3.63, 3.8) is 0 Å². The van der Waals surface area contributed by atoms with Crippen molar-refractivity contribution in [2.24, 2.45) is 5.92 Å². The zero-order chi connectivity index (χ0) is 9.87. The molecule has 2 aliphatic carbocycles. The van der Waals surface area contributed by atoms with E-state index in [0.717, 1.165) is 18.4 Å². The van der Waals surface area contributed by atoms with Gasteiger partial charge in [0.1, 0.15) is 5.82 Å². The molecule has 2 heteroatoms. The van der Waals surface area contributed by atoms with E-state index < -0.39 is 0 Å². The Labute approximate surface area is 88.1 Å². The second-order valence-corrected chi connectivity index (χ2v) is 4.94. The summed E-state index contributed by atoms with van der Waals surface area (Å²) in [6.07, 6.45) is 2.18. The molecular weight excluding hydrogens is 199 g/mol. The van der Waals surface area contributed by atoms with Gasteiger partial charge in [-0.1, -0.05) is 6.92 Å². The van der Waals surface area contributed by atoms with Crippen LogP contribution in [0.5, 0.6) is 0 Å². The molecule has 0 aliphatic heterocycles. The number of halogens is 2. The van der Waals surface area contributed by atoms with E-state index in [9.17, 15) is 4.39 Å². The van der Waals surface area contributed by atoms with Crippen LogP contribution in [0.2, 0.25) is 0 Å². The number of hydrogen-bond donors (Lipinski definition) is 0. The molecule has 3 unspecified atom stereocenters. The summed E-state index contributed by atoms with van der Waals surface area (Å²) in [6.45, 7) is 2.18. The van der Waals surface area contributed by atoms with Gasteiger partial charge in [-0.3, -0.25) is 0 Å². The van der Waals surface area contributed by atoms with Crippen molar-refractivity contribution in [2.45, 2.75) is 31.1 Å². The Kier molecular flexibility index (Phi) is 1.70. The number of hydrogen-bond acceptors (Lipinski definition) is 0. The average molecular weight is 211 g/mol. The third kappa shape index (κ3) is 0.939. The predicted molar refractivity (Wildman–Crippen MR) is 55.2 cm³/mol. The number of rotatable bonds is 0. The normalized spacial score (nSPS) is 33.5. The van der Waals surface area contributed by atoms with Crippen LogP contribution >= 0.6 is 11.6 Å². The highest BCUT2D eigenvalue weighted by Gasteiger charge is 2.41. The van der Waals surface area contributed by atoms with Gasteiger partial charge in [-0.15, -0.1) is 11.6 Å². The molecule has 0 radical (unpaired) electrons. The molecule has 1 aromatic carbocycles. The fourth-order valence-corrected chi connectivity index (χ4v) is 3.41. The largest absolute Gasteiger partial charge is 0.207 e. The molecule has 14 heavy (non-hydrogen) atoms. The molecule has 0 bridgehead atoms. The van der Waals surface area contributed by atoms with Crippen molar-refractivity contribution >= 4 is 11.6 Å². The average Bonchev–Trinajstić information content (AvgIpc) is 2.65. The first-order chi connectivity index (χ1) is 6.68. The smallest absolute Gasteiger partial charge is 0.123 e. The minimum atomic E-state index is -0.126. The van der Waals surface area contributed by atoms with E-state index in [1.807, 2.05) is 0 Å². The molecular formula is C12H12ClF. The summed E-state index contributed by atoms with van der Waals surface area (Å²) in [5, 5.41) is 0.0183. The van der Waals surface area contributed by atoms with E-state index in [4.69, 9.17) is 11.6 Å². The van der Waals surface area contributed by atoms with Gasteiger partial charge in [0, 0.05) is 0 Å². The number of aryl methyl sites for hydroxylation is 1. The summed E-state index contributed by atoms with van der Waals surface area (Å²) in [7, 11) is 0. The van der Waals surface area contributed by atoms with Gasteiger partial charge in [0.05, 0.1) is 5.38 Å². The first-order valence-electron chi connectivity index (χ1n) is 5.15. The van der Waals surface area contributed by atoms with Crippen molar-refractivity contribution in [2.75, 3.05) is 0 Å². The molecule has 3 atom stereocenters. The van der Waals surface area contributed by atoms with Crippen LogP contribution in [0.15, 0.2) is 12.1 Å². The van der Waals surface area contributed by atoms with E-state index in [0.29, 0.717) is 11.8 Å². The molecule has 0 fully saturated rings. The van der Waals surface area contributed by atoms with Crippen LogP contribution in [0.4, 0.5) is 4.39 Å². The summed E-state index contributed by atoms with van der Waals surface area (Å²) in [6, 6.07) is 3.30. The molecule has 0 aromatic heterocycles. The fourth-order valence-electron chi connectivity index (χ4n) is 3.05. The first kappa shape index (κ1) is 8.72. The lowest BCUT2D eigenvalue weighted by molar-refractivity contribution is 0.479. The van der Waals surface area contributed by atoms with Gasteiger partial charge in [0.25, 0.3) is 0 Å². The lowest BCUT2D eigenvalue weighted by Gasteiger charge is -2.13. The van der Waals surface area contributed by atoms with Gasteiger partial charge in [-0.05, 0) is 53.5 Å². The molecule has 0 N–H and O–H groups in total. The number of benzene rings is 1. The highest BCUT2D eigenvalue weighted by molar-refractivity contribution is 6.21. The Morgan fingerprint density at radius 2 is 2.21 bits per heavy atom. The molecule has 74 valence electrons. The van der Waals surface area contributed by atoms with Crippen LogP contribution in [-0.2, 0) is 6.42 Å². The van der Waals surface area contributed by atoms with Crippen LogP contribution in [0.1, 0.15) is 41.3 Å². The van der Waals surface area contributed by atoms with Crippen molar-refractivity contribution in [1.82, 2.24) is 0 Å². The van der Waals surface area contributed by atoms with Crippen LogP contribution in [-0.4, -0.2) is 0 Å². The zero-order valence-electron chi connectivity index (χ0n) is 8.06. The third-order valence-electron chi connectivity index (χ3n) is 3.75. The van der Waals surface area contributed by atoms with E-state index in [1.54, 1.807) is 12.1 Å². The lowest BCUT2D eigenvalue weighted by atomic mass is 9.95. The summed E-state index contributed by atoms with van der Waals surface area (Å²) < 4.78 is 13.3. The van der Waals surface area contributed by atoms with Crippen LogP contribution in [0, 0.1) is 11.7 Å². The maximum Gasteiger partial charge on any atom is 0.123 e. The Hall–Kier alpha value is -0.560. The van der Waals surface area contributed by atoms with Crippen LogP contribution in [0.25, 0.3) is 0 Å². The van der Waals surface area contributed by atoms with E-state index in [1.165, 1.54) is 11.1 Å². The van der Waals surface area contributed by atoms with Gasteiger partial charge in [-0.2, -0.15) is 0 Å². The highest BCUT2D eigenvalue weighted by Crippen LogP contribution is 2.54. The van der Waals surface area contributed by atoms with Crippen molar-refractivity contribution in [3.8, 4) is 0 Å². The van der Waals surface area contributed by atoms with E-state index in [2.05, 4.69) is 6.92 Å². The standard InChI is InChI=1S/C12H12ClF/c1-6-9-3-2-7-4-8(14)5-10(11(7)9)12(6)13/h4-6,9,12H,2-3H2,1H3. The van der Waals surface area contributed by atoms with Gasteiger partial charge >= 0.3 is 0 Å². The third-order valence-corrected chi connectivity index (χ3v) is 4.38. The predicted octanol–water partition coefficient (Wildman–Crippen LogP) is 3.79. The summed E-state index contributed by atoms with van der Waals surface area (Å²) in [5.74, 6) is 0.928. The maximum absolute atomic E-state index is 13.3. The summed E-state index contributed by atoms with van der Waals surface area (Å²) in [4.78, 5) is 0. The van der Waals surface area contributed by atoms with Gasteiger partial charge < -0.3 is 0 Å². The molecule has 0 spiro atoms. The summed E-state index contributed by atoms with van der Waals surface area (Å²) in [5.41, 5.74) is 3.61. The van der Waals surface area contributed by atoms with Gasteiger partial charge in [-0.25, -0.2) is 4.39 Å². The minimum Gasteiger partial charge on any atom is -0.207 e. The maximum atomic E-state index is 13.3. The monoisotopic (exact) mass is 210 g/mol. The quantitative estimate of drug-likeness (QED) is 0.572. The molecule has 0 saturated carbocycles. The van der Waals surface area contributed by atoms with Crippen molar-refractivity contribution in [3.05, 3.63) is 34.6 Å². The molecule has 1 aromatic rings. The van der Waals surface area contributed by atoms with E-state index in [-0.39, 0.29) is 11.2 Å². The van der Waals surface area contributed by atoms with Crippen molar-refractivity contribution in [1.29, 1.82) is 0 Å². The van der Waals surface area contributed by atoms with Gasteiger partial charge in [0.15, 0.2) is 0 Å². The zero-order valence-corrected chi connectivity index (χ0v) is 8.81. The Balaban J connectivity index is 2.27. The molecule has 2 aliphatic rings. The lowest BCUT2D eigenvalue weighted by Crippen LogP contribution is -2.02. The fraction of sp³-hybridized carbons (Fsp3) is 0.500. The Bertz CT molecular complexity index is 400. The van der Waals surface area contributed by atoms with Crippen molar-refractivity contribution < 1.29 is 4.39 Å².